The number of esters is 2. The van der Waals surface area contributed by atoms with E-state index in [2.05, 4.69) is 62.5 Å². The topological polar surface area (TPSA) is 134 Å². The molecule has 10 heteroatoms. The second kappa shape index (κ2) is 33.9. The molecule has 0 aromatic heterocycles. The molecule has 0 saturated heterocycles. The molecule has 0 aliphatic rings. The lowest BCUT2D eigenvalue weighted by Gasteiger charge is -2.19. The van der Waals surface area contributed by atoms with Crippen molar-refractivity contribution in [2.45, 2.75) is 148 Å². The molecule has 0 saturated carbocycles. The van der Waals surface area contributed by atoms with Gasteiger partial charge in [0.1, 0.15) is 6.61 Å². The molecule has 0 fully saturated rings. The molecule has 0 aliphatic heterocycles. The van der Waals surface area contributed by atoms with E-state index in [0.29, 0.717) is 6.42 Å². The van der Waals surface area contributed by atoms with E-state index >= 15 is 0 Å². The van der Waals surface area contributed by atoms with Gasteiger partial charge in [-0.2, -0.15) is 0 Å². The van der Waals surface area contributed by atoms with E-state index in [4.69, 9.17) is 24.3 Å². The van der Waals surface area contributed by atoms with E-state index in [0.717, 1.165) is 96.3 Å². The highest BCUT2D eigenvalue weighted by atomic mass is 31.2. The van der Waals surface area contributed by atoms with Gasteiger partial charge >= 0.3 is 19.8 Å². The van der Waals surface area contributed by atoms with Crippen molar-refractivity contribution < 1.29 is 37.6 Å². The van der Waals surface area contributed by atoms with E-state index in [-0.39, 0.29) is 32.6 Å². The molecule has 0 amide bonds. The normalized spacial score (nSPS) is 14.0. The van der Waals surface area contributed by atoms with Gasteiger partial charge < -0.3 is 20.1 Å². The third-order valence-corrected chi connectivity index (χ3v) is 8.18. The highest BCUT2D eigenvalue weighted by Gasteiger charge is 2.25. The number of phosphoric ester groups is 1. The van der Waals surface area contributed by atoms with E-state index < -0.39 is 32.5 Å². The van der Waals surface area contributed by atoms with Crippen molar-refractivity contribution in [3.8, 4) is 0 Å². The predicted molar refractivity (Wildman–Crippen MR) is 192 cm³/mol. The first kappa shape index (κ1) is 45.0. The molecule has 0 radical (unpaired) electrons. The fourth-order valence-corrected chi connectivity index (χ4v) is 5.27. The third-order valence-electron chi connectivity index (χ3n) is 7.20. The van der Waals surface area contributed by atoms with Crippen molar-refractivity contribution in [1.82, 2.24) is 0 Å². The average Bonchev–Trinajstić information content (AvgIpc) is 3.05. The van der Waals surface area contributed by atoms with Crippen LogP contribution < -0.4 is 5.73 Å². The van der Waals surface area contributed by atoms with Crippen LogP contribution in [0.5, 0.6) is 0 Å². The van der Waals surface area contributed by atoms with E-state index in [9.17, 15) is 19.0 Å². The predicted octanol–water partition coefficient (Wildman–Crippen LogP) is 9.60. The second-order valence-corrected chi connectivity index (χ2v) is 13.2. The van der Waals surface area contributed by atoms with Gasteiger partial charge in [0.2, 0.25) is 0 Å². The minimum atomic E-state index is -4.37. The number of hydrogen-bond donors (Lipinski definition) is 2. The number of unbranched alkanes of at least 4 members (excludes halogenated alkanes) is 12. The molecule has 0 aliphatic carbocycles. The first-order valence-corrected chi connectivity index (χ1v) is 19.6. The lowest BCUT2D eigenvalue weighted by Crippen LogP contribution is -2.29. The van der Waals surface area contributed by atoms with Crippen LogP contribution in [-0.2, 0) is 32.7 Å². The zero-order chi connectivity index (χ0) is 34.7. The van der Waals surface area contributed by atoms with Gasteiger partial charge in [0.05, 0.1) is 13.2 Å². The van der Waals surface area contributed by atoms with Crippen molar-refractivity contribution in [1.29, 1.82) is 0 Å². The maximum atomic E-state index is 12.5. The number of rotatable bonds is 33. The Morgan fingerprint density at radius 3 is 1.77 bits per heavy atom. The molecule has 1 unspecified atom stereocenters. The smallest absolute Gasteiger partial charge is 0.462 e. The molecular formula is C37H66NO8P. The molecule has 0 aromatic carbocycles. The van der Waals surface area contributed by atoms with Gasteiger partial charge in [-0.25, -0.2) is 4.57 Å². The van der Waals surface area contributed by atoms with Crippen molar-refractivity contribution in [2.75, 3.05) is 26.4 Å². The van der Waals surface area contributed by atoms with Crippen LogP contribution in [0.15, 0.2) is 48.6 Å². The van der Waals surface area contributed by atoms with Crippen LogP contribution in [0.1, 0.15) is 142 Å². The van der Waals surface area contributed by atoms with Crippen LogP contribution in [0.4, 0.5) is 0 Å². The molecular weight excluding hydrogens is 617 g/mol. The summed E-state index contributed by atoms with van der Waals surface area (Å²) in [4.78, 5) is 34.6. The van der Waals surface area contributed by atoms with Gasteiger partial charge in [-0.05, 0) is 64.2 Å². The Bertz CT molecular complexity index is 918. The first-order valence-electron chi connectivity index (χ1n) is 18.1. The Hall–Kier alpha value is -2.03. The Labute approximate surface area is 286 Å². The molecule has 0 heterocycles. The van der Waals surface area contributed by atoms with Gasteiger partial charge in [-0.3, -0.25) is 18.6 Å². The standard InChI is InChI=1S/C37H66NO8P/c1-3-5-7-9-11-13-15-16-17-18-20-22-24-26-28-30-37(40)46-35(34-45-47(41,42)44-32-31-38)33-43-36(39)29-27-25-23-21-19-14-12-10-8-6-4-2/h5,7,10-13,16-17,35H,3-4,6,8-9,14-15,18-34,38H2,1-2H3,(H,41,42)/b7-5+,12-10+,13-11+,17-16+/t35-/m1/s1. The summed E-state index contributed by atoms with van der Waals surface area (Å²) in [6.07, 6.45) is 35.7. The van der Waals surface area contributed by atoms with Crippen LogP contribution in [0.2, 0.25) is 0 Å². The van der Waals surface area contributed by atoms with Crippen LogP contribution in [0, 0.1) is 0 Å². The Kier molecular flexibility index (Phi) is 32.4. The summed E-state index contributed by atoms with van der Waals surface area (Å²) < 4.78 is 32.6. The maximum absolute atomic E-state index is 12.5. The van der Waals surface area contributed by atoms with Gasteiger partial charge in [-0.15, -0.1) is 0 Å². The molecule has 2 atom stereocenters. The number of phosphoric acid groups is 1. The molecule has 0 rings (SSSR count). The molecule has 272 valence electrons. The maximum Gasteiger partial charge on any atom is 0.472 e. The molecule has 3 N–H and O–H groups in total. The number of allylic oxidation sites excluding steroid dienone is 8. The van der Waals surface area contributed by atoms with Crippen LogP contribution in [-0.4, -0.2) is 49.3 Å². The summed E-state index contributed by atoms with van der Waals surface area (Å²) in [6, 6.07) is 0. The van der Waals surface area contributed by atoms with Gasteiger partial charge in [0, 0.05) is 19.4 Å². The SMILES string of the molecule is CC/C=C/C/C=C/C/C=C/CCCCCCCC(=O)O[C@H](COC(=O)CCCCCCC/C=C/CCCC)COP(=O)(O)OCCN. The summed E-state index contributed by atoms with van der Waals surface area (Å²) in [5, 5.41) is 0. The van der Waals surface area contributed by atoms with Crippen LogP contribution in [0.25, 0.3) is 0 Å². The van der Waals surface area contributed by atoms with Crippen molar-refractivity contribution in [2.24, 2.45) is 5.73 Å². The zero-order valence-corrected chi connectivity index (χ0v) is 30.4. The Morgan fingerprint density at radius 1 is 0.660 bits per heavy atom. The molecule has 9 nitrogen and oxygen atoms in total. The summed E-state index contributed by atoms with van der Waals surface area (Å²) >= 11 is 0. The monoisotopic (exact) mass is 683 g/mol. The van der Waals surface area contributed by atoms with Gasteiger partial charge in [-0.1, -0.05) is 114 Å². The highest BCUT2D eigenvalue weighted by Crippen LogP contribution is 2.43. The number of carbonyl (C=O) groups excluding carboxylic acids is 2. The number of hydrogen-bond acceptors (Lipinski definition) is 8. The minimum absolute atomic E-state index is 0.0474. The number of nitrogens with two attached hydrogens (primary N) is 1. The summed E-state index contributed by atoms with van der Waals surface area (Å²) in [7, 11) is -4.37. The van der Waals surface area contributed by atoms with Crippen molar-refractivity contribution in [3.63, 3.8) is 0 Å². The van der Waals surface area contributed by atoms with Crippen molar-refractivity contribution in [3.05, 3.63) is 48.6 Å². The highest BCUT2D eigenvalue weighted by molar-refractivity contribution is 7.47. The lowest BCUT2D eigenvalue weighted by atomic mass is 10.1. The van der Waals surface area contributed by atoms with Gasteiger partial charge in [0.25, 0.3) is 0 Å². The van der Waals surface area contributed by atoms with Crippen molar-refractivity contribution >= 4 is 19.8 Å². The Balaban J connectivity index is 4.30. The quantitative estimate of drug-likeness (QED) is 0.0300. The van der Waals surface area contributed by atoms with Crippen LogP contribution >= 0.6 is 7.82 Å². The minimum Gasteiger partial charge on any atom is -0.462 e. The molecule has 0 bridgehead atoms. The molecule has 0 aromatic rings. The second-order valence-electron chi connectivity index (χ2n) is 11.7. The first-order chi connectivity index (χ1) is 22.8. The van der Waals surface area contributed by atoms with E-state index in [1.54, 1.807) is 0 Å². The van der Waals surface area contributed by atoms with Crippen LogP contribution in [0.3, 0.4) is 0 Å². The fraction of sp³-hybridized carbons (Fsp3) is 0.730. The van der Waals surface area contributed by atoms with E-state index in [1.165, 1.54) is 12.8 Å². The molecule has 0 spiro atoms. The van der Waals surface area contributed by atoms with Gasteiger partial charge in [0.15, 0.2) is 6.10 Å². The molecule has 47 heavy (non-hydrogen) atoms. The number of carbonyl (C=O) groups is 2. The van der Waals surface area contributed by atoms with E-state index in [1.807, 2.05) is 0 Å². The number of ether oxygens (including phenoxy) is 2. The zero-order valence-electron chi connectivity index (χ0n) is 29.5. The third kappa shape index (κ3) is 33.7. The lowest BCUT2D eigenvalue weighted by molar-refractivity contribution is -0.161. The average molecular weight is 684 g/mol. The summed E-state index contributed by atoms with van der Waals surface area (Å²) in [5.74, 6) is -0.866. The largest absolute Gasteiger partial charge is 0.472 e. The Morgan fingerprint density at radius 2 is 1.17 bits per heavy atom. The fourth-order valence-electron chi connectivity index (χ4n) is 4.51. The summed E-state index contributed by atoms with van der Waals surface area (Å²) in [5.41, 5.74) is 5.32. The summed E-state index contributed by atoms with van der Waals surface area (Å²) in [6.45, 7) is 3.52.